The number of fused-ring (bicyclic) bond motifs is 12. The van der Waals surface area contributed by atoms with Gasteiger partial charge in [-0.25, -0.2) is 4.98 Å². The Hall–Kier alpha value is -5.87. The maximum absolute atomic E-state index is 5.30. The quantitative estimate of drug-likeness (QED) is 0.195. The minimum atomic E-state index is -0.214. The summed E-state index contributed by atoms with van der Waals surface area (Å²) in [6.07, 6.45) is 0. The van der Waals surface area contributed by atoms with Gasteiger partial charge in [0.05, 0.1) is 11.0 Å². The fourth-order valence-electron chi connectivity index (χ4n) is 8.87. The van der Waals surface area contributed by atoms with Crippen LogP contribution < -0.4 is 0 Å². The highest BCUT2D eigenvalue weighted by Crippen LogP contribution is 2.63. The molecule has 2 heterocycles. The fraction of sp³-hybridized carbons (Fsp3) is 0.133. The van der Waals surface area contributed by atoms with Gasteiger partial charge in [-0.1, -0.05) is 155 Å². The third kappa shape index (κ3) is 3.72. The van der Waals surface area contributed by atoms with E-state index in [-0.39, 0.29) is 10.8 Å². The molecular weight excluding hydrogens is 597 g/mol. The van der Waals surface area contributed by atoms with Crippen molar-refractivity contribution in [3.05, 3.63) is 156 Å². The molecule has 4 nitrogen and oxygen atoms in total. The van der Waals surface area contributed by atoms with Crippen LogP contribution in [0.15, 0.2) is 133 Å². The Kier molecular flexibility index (Phi) is 5.65. The third-order valence-electron chi connectivity index (χ3n) is 11.0. The highest BCUT2D eigenvalue weighted by molar-refractivity contribution is 6.23. The number of hydrogen-bond donors (Lipinski definition) is 0. The molecule has 8 aromatic rings. The molecule has 2 aliphatic rings. The summed E-state index contributed by atoms with van der Waals surface area (Å²) in [5.74, 6) is 1.93. The van der Waals surface area contributed by atoms with Crippen molar-refractivity contribution in [1.29, 1.82) is 0 Å². The first kappa shape index (κ1) is 28.2. The van der Waals surface area contributed by atoms with E-state index >= 15 is 0 Å². The lowest BCUT2D eigenvalue weighted by atomic mass is 9.72. The molecule has 2 aromatic heterocycles. The molecule has 0 amide bonds. The molecule has 0 bridgehead atoms. The minimum absolute atomic E-state index is 0.180. The predicted molar refractivity (Wildman–Crippen MR) is 200 cm³/mol. The van der Waals surface area contributed by atoms with Gasteiger partial charge in [-0.3, -0.25) is 4.57 Å². The Morgan fingerprint density at radius 1 is 0.469 bits per heavy atom. The van der Waals surface area contributed by atoms with Gasteiger partial charge in [0, 0.05) is 38.3 Å². The molecule has 2 aliphatic carbocycles. The number of hydrogen-bond acceptors (Lipinski definition) is 3. The molecule has 0 spiro atoms. The summed E-state index contributed by atoms with van der Waals surface area (Å²) >= 11 is 0. The van der Waals surface area contributed by atoms with E-state index in [1.165, 1.54) is 55.3 Å². The van der Waals surface area contributed by atoms with E-state index in [0.29, 0.717) is 17.6 Å². The van der Waals surface area contributed by atoms with Crippen molar-refractivity contribution in [2.24, 2.45) is 0 Å². The average molecular weight is 631 g/mol. The van der Waals surface area contributed by atoms with Gasteiger partial charge >= 0.3 is 0 Å². The van der Waals surface area contributed by atoms with Crippen LogP contribution in [0.4, 0.5) is 0 Å². The van der Waals surface area contributed by atoms with E-state index in [0.717, 1.165) is 22.2 Å². The van der Waals surface area contributed by atoms with E-state index in [9.17, 15) is 0 Å². The molecule has 49 heavy (non-hydrogen) atoms. The smallest absolute Gasteiger partial charge is 0.238 e. The molecule has 0 atom stereocenters. The molecule has 0 N–H and O–H groups in total. The summed E-state index contributed by atoms with van der Waals surface area (Å²) in [5, 5.41) is 2.46. The predicted octanol–water partition coefficient (Wildman–Crippen LogP) is 10.9. The summed E-state index contributed by atoms with van der Waals surface area (Å²) < 4.78 is 2.33. The maximum atomic E-state index is 5.30. The molecule has 0 fully saturated rings. The van der Waals surface area contributed by atoms with Crippen LogP contribution >= 0.6 is 0 Å². The van der Waals surface area contributed by atoms with Crippen molar-refractivity contribution in [3.63, 3.8) is 0 Å². The molecule has 0 aliphatic heterocycles. The molecule has 10 rings (SSSR count). The maximum Gasteiger partial charge on any atom is 0.238 e. The highest BCUT2D eigenvalue weighted by atomic mass is 15.2. The van der Waals surface area contributed by atoms with Crippen LogP contribution in [0.5, 0.6) is 0 Å². The van der Waals surface area contributed by atoms with Gasteiger partial charge < -0.3 is 0 Å². The summed E-state index contributed by atoms with van der Waals surface area (Å²) in [5.41, 5.74) is 14.6. The van der Waals surface area contributed by atoms with Crippen molar-refractivity contribution < 1.29 is 0 Å². The molecular formula is C45H34N4. The van der Waals surface area contributed by atoms with Gasteiger partial charge in [0.2, 0.25) is 5.95 Å². The van der Waals surface area contributed by atoms with Crippen LogP contribution in [0.25, 0.3) is 72.8 Å². The summed E-state index contributed by atoms with van der Waals surface area (Å²) in [6, 6.07) is 47.3. The number of rotatable bonds is 3. The van der Waals surface area contributed by atoms with E-state index in [4.69, 9.17) is 15.0 Å². The lowest BCUT2D eigenvalue weighted by Gasteiger charge is -2.31. The number of benzene rings is 6. The first-order valence-corrected chi connectivity index (χ1v) is 17.1. The van der Waals surface area contributed by atoms with E-state index in [2.05, 4.69) is 129 Å². The van der Waals surface area contributed by atoms with Crippen molar-refractivity contribution in [2.45, 2.75) is 38.5 Å². The van der Waals surface area contributed by atoms with Crippen LogP contribution in [0.1, 0.15) is 49.9 Å². The minimum Gasteiger partial charge on any atom is -0.277 e. The van der Waals surface area contributed by atoms with Gasteiger partial charge in [0.15, 0.2) is 11.6 Å². The average Bonchev–Trinajstić information content (AvgIpc) is 3.69. The van der Waals surface area contributed by atoms with Gasteiger partial charge in [0.1, 0.15) is 0 Å². The standard InChI is InChI=1S/C45H34N4/c1-44(2)32-24-14-11-21-29(32)35-36-31-23-13-16-26-34(31)49(40(36)37-30-22-12-15-25-33(30)45(3,4)39(37)38(35)44)43-47-41(27-17-7-5-8-18-27)46-42(48-43)28-19-9-6-10-20-28/h5-26H,1-4H3. The second-order valence-electron chi connectivity index (χ2n) is 14.4. The third-order valence-corrected chi connectivity index (χ3v) is 11.0. The second kappa shape index (κ2) is 9.83. The lowest BCUT2D eigenvalue weighted by molar-refractivity contribution is 0.602. The Bertz CT molecular complexity index is 2590. The number of aromatic nitrogens is 4. The van der Waals surface area contributed by atoms with Gasteiger partial charge in [-0.05, 0) is 45.0 Å². The van der Waals surface area contributed by atoms with E-state index < -0.39 is 0 Å². The van der Waals surface area contributed by atoms with Crippen LogP contribution in [0.3, 0.4) is 0 Å². The summed E-state index contributed by atoms with van der Waals surface area (Å²) in [6.45, 7) is 9.62. The fourth-order valence-corrected chi connectivity index (χ4v) is 8.87. The molecule has 6 aromatic carbocycles. The zero-order valence-electron chi connectivity index (χ0n) is 28.0. The van der Waals surface area contributed by atoms with Crippen LogP contribution in [-0.2, 0) is 10.8 Å². The van der Waals surface area contributed by atoms with Crippen LogP contribution in [-0.4, -0.2) is 19.5 Å². The first-order valence-electron chi connectivity index (χ1n) is 17.1. The summed E-state index contributed by atoms with van der Waals surface area (Å²) in [4.78, 5) is 15.6. The first-order chi connectivity index (χ1) is 23.9. The van der Waals surface area contributed by atoms with E-state index in [1.807, 2.05) is 36.4 Å². The number of nitrogens with zero attached hydrogens (tertiary/aromatic N) is 4. The van der Waals surface area contributed by atoms with E-state index in [1.54, 1.807) is 0 Å². The Morgan fingerprint density at radius 2 is 0.939 bits per heavy atom. The SMILES string of the molecule is CC1(C)c2ccccc2-c2c1c1c(c3c2c2ccccc2n3-c2nc(-c3ccccc3)nc(-c3ccccc3)n2)-c2ccccc2C1(C)C. The Morgan fingerprint density at radius 3 is 1.53 bits per heavy atom. The largest absolute Gasteiger partial charge is 0.277 e. The van der Waals surface area contributed by atoms with Gasteiger partial charge in [-0.15, -0.1) is 0 Å². The van der Waals surface area contributed by atoms with Crippen molar-refractivity contribution >= 4 is 21.8 Å². The highest BCUT2D eigenvalue weighted by Gasteiger charge is 2.48. The topological polar surface area (TPSA) is 43.6 Å². The molecule has 0 radical (unpaired) electrons. The lowest BCUT2D eigenvalue weighted by Crippen LogP contribution is -2.24. The van der Waals surface area contributed by atoms with Crippen molar-refractivity contribution in [2.75, 3.05) is 0 Å². The Labute approximate surface area is 285 Å². The zero-order chi connectivity index (χ0) is 33.1. The van der Waals surface area contributed by atoms with Crippen LogP contribution in [0, 0.1) is 0 Å². The molecule has 0 saturated carbocycles. The van der Waals surface area contributed by atoms with Gasteiger partial charge in [-0.2, -0.15) is 9.97 Å². The summed E-state index contributed by atoms with van der Waals surface area (Å²) in [7, 11) is 0. The van der Waals surface area contributed by atoms with Crippen LogP contribution in [0.2, 0.25) is 0 Å². The molecule has 0 unspecified atom stereocenters. The zero-order valence-corrected chi connectivity index (χ0v) is 28.0. The Balaban J connectivity index is 1.44. The molecule has 4 heteroatoms. The van der Waals surface area contributed by atoms with Crippen molar-refractivity contribution in [1.82, 2.24) is 19.5 Å². The molecule has 0 saturated heterocycles. The van der Waals surface area contributed by atoms with Gasteiger partial charge in [0.25, 0.3) is 0 Å². The monoisotopic (exact) mass is 630 g/mol. The van der Waals surface area contributed by atoms with Crippen molar-refractivity contribution in [3.8, 4) is 51.0 Å². The second-order valence-corrected chi connectivity index (χ2v) is 14.4. The normalized spacial score (nSPS) is 14.9. The number of para-hydroxylation sites is 1. The molecule has 234 valence electrons.